The predicted molar refractivity (Wildman–Crippen MR) is 74.6 cm³/mol. The summed E-state index contributed by atoms with van der Waals surface area (Å²) in [5.41, 5.74) is 3.13. The molecule has 102 valence electrons. The van der Waals surface area contributed by atoms with Gasteiger partial charge in [-0.05, 0) is 37.1 Å². The first-order valence-electron chi connectivity index (χ1n) is 6.47. The molecule has 2 rings (SSSR count). The van der Waals surface area contributed by atoms with E-state index in [2.05, 4.69) is 36.3 Å². The summed E-state index contributed by atoms with van der Waals surface area (Å²) in [5, 5.41) is 3.02. The van der Waals surface area contributed by atoms with Gasteiger partial charge in [0.2, 0.25) is 0 Å². The largest absolute Gasteiger partial charge is 0.417 e. The minimum Gasteiger partial charge on any atom is -0.417 e. The highest BCUT2D eigenvalue weighted by molar-refractivity contribution is 5.39. The van der Waals surface area contributed by atoms with E-state index in [1.54, 1.807) is 6.26 Å². The van der Waals surface area contributed by atoms with Gasteiger partial charge in [0.15, 0.2) is 0 Å². The van der Waals surface area contributed by atoms with Crippen molar-refractivity contribution in [2.45, 2.75) is 33.2 Å². The van der Waals surface area contributed by atoms with Crippen LogP contribution in [0.1, 0.15) is 36.6 Å². The van der Waals surface area contributed by atoms with E-state index in [4.69, 9.17) is 9.15 Å². The maximum absolute atomic E-state index is 5.72. The van der Waals surface area contributed by atoms with Gasteiger partial charge in [-0.1, -0.05) is 26.0 Å². The Labute approximate surface area is 113 Å². The molecule has 0 aliphatic carbocycles. The second kappa shape index (κ2) is 5.89. The minimum atomic E-state index is 0.286. The van der Waals surface area contributed by atoms with Gasteiger partial charge in [-0.15, -0.1) is 0 Å². The number of ether oxygens (including phenoxy) is 1. The van der Waals surface area contributed by atoms with Crippen LogP contribution in [0.4, 0.5) is 0 Å². The Balaban J connectivity index is 2.19. The fourth-order valence-corrected chi connectivity index (χ4v) is 1.78. The van der Waals surface area contributed by atoms with E-state index in [9.17, 15) is 0 Å². The van der Waals surface area contributed by atoms with Crippen molar-refractivity contribution in [1.82, 2.24) is 10.3 Å². The Morgan fingerprint density at radius 1 is 1.37 bits per heavy atom. The van der Waals surface area contributed by atoms with Crippen molar-refractivity contribution >= 4 is 0 Å². The third-order valence-electron chi connectivity index (χ3n) is 2.96. The van der Waals surface area contributed by atoms with Crippen molar-refractivity contribution in [3.8, 4) is 11.8 Å². The Bertz CT molecular complexity index is 547. The van der Waals surface area contributed by atoms with E-state index in [1.807, 2.05) is 20.0 Å². The normalized spacial score (nSPS) is 11.0. The molecule has 4 heteroatoms. The highest BCUT2D eigenvalue weighted by Crippen LogP contribution is 2.28. The van der Waals surface area contributed by atoms with Crippen LogP contribution in [0.3, 0.4) is 0 Å². The third-order valence-corrected chi connectivity index (χ3v) is 2.96. The van der Waals surface area contributed by atoms with Crippen molar-refractivity contribution in [3.63, 3.8) is 0 Å². The molecule has 0 saturated heterocycles. The van der Waals surface area contributed by atoms with Crippen LogP contribution in [0.2, 0.25) is 0 Å². The summed E-state index contributed by atoms with van der Waals surface area (Å²) in [6, 6.07) is 6.22. The van der Waals surface area contributed by atoms with Crippen LogP contribution in [0.15, 0.2) is 28.9 Å². The quantitative estimate of drug-likeness (QED) is 0.892. The predicted octanol–water partition coefficient (Wildman–Crippen LogP) is 3.62. The van der Waals surface area contributed by atoms with Crippen molar-refractivity contribution in [3.05, 3.63) is 41.3 Å². The fraction of sp³-hybridized carbons (Fsp3) is 0.400. The zero-order valence-corrected chi connectivity index (χ0v) is 11.9. The molecular weight excluding hydrogens is 240 g/mol. The smallest absolute Gasteiger partial charge is 0.399 e. The number of hydrogen-bond acceptors (Lipinski definition) is 4. The topological polar surface area (TPSA) is 47.3 Å². The van der Waals surface area contributed by atoms with Gasteiger partial charge in [-0.25, -0.2) is 0 Å². The molecule has 0 saturated carbocycles. The molecule has 0 aliphatic rings. The lowest BCUT2D eigenvalue weighted by atomic mass is 10.0. The molecule has 1 heterocycles. The van der Waals surface area contributed by atoms with Crippen molar-refractivity contribution in [2.24, 2.45) is 0 Å². The molecule has 0 aliphatic heterocycles. The molecule has 0 bridgehead atoms. The van der Waals surface area contributed by atoms with Gasteiger partial charge in [0.25, 0.3) is 0 Å². The molecule has 0 amide bonds. The summed E-state index contributed by atoms with van der Waals surface area (Å²) < 4.78 is 11.0. The number of aryl methyl sites for hydroxylation is 1. The number of aromatic nitrogens is 1. The van der Waals surface area contributed by atoms with Crippen LogP contribution >= 0.6 is 0 Å². The van der Waals surface area contributed by atoms with Gasteiger partial charge < -0.3 is 14.5 Å². The van der Waals surface area contributed by atoms with Gasteiger partial charge >= 0.3 is 6.08 Å². The van der Waals surface area contributed by atoms with Crippen molar-refractivity contribution in [2.75, 3.05) is 7.05 Å². The first kappa shape index (κ1) is 13.6. The van der Waals surface area contributed by atoms with Crippen LogP contribution in [-0.4, -0.2) is 12.0 Å². The Hall–Kier alpha value is -1.81. The number of oxazole rings is 1. The molecule has 1 N–H and O–H groups in total. The van der Waals surface area contributed by atoms with Crippen LogP contribution in [-0.2, 0) is 6.54 Å². The van der Waals surface area contributed by atoms with Gasteiger partial charge in [0, 0.05) is 6.54 Å². The van der Waals surface area contributed by atoms with Crippen LogP contribution < -0.4 is 10.1 Å². The molecule has 0 spiro atoms. The van der Waals surface area contributed by atoms with Gasteiger partial charge in [0.1, 0.15) is 12.0 Å². The number of hydrogen-bond donors (Lipinski definition) is 1. The molecule has 0 unspecified atom stereocenters. The highest BCUT2D eigenvalue weighted by atomic mass is 16.6. The highest BCUT2D eigenvalue weighted by Gasteiger charge is 2.09. The van der Waals surface area contributed by atoms with E-state index in [-0.39, 0.29) is 6.08 Å². The number of rotatable bonds is 5. The standard InChI is InChI=1S/C15H20N2O2/c1-10(2)12-6-5-11(3)14(7-12)19-15-17-13(8-16-4)9-18-15/h5-7,9-10,16H,8H2,1-4H3. The maximum Gasteiger partial charge on any atom is 0.399 e. The second-order valence-electron chi connectivity index (χ2n) is 4.92. The first-order valence-corrected chi connectivity index (χ1v) is 6.47. The summed E-state index contributed by atoms with van der Waals surface area (Å²) in [4.78, 5) is 4.26. The third kappa shape index (κ3) is 3.35. The average molecular weight is 260 g/mol. The lowest BCUT2D eigenvalue weighted by molar-refractivity contribution is 0.329. The summed E-state index contributed by atoms with van der Waals surface area (Å²) in [5.74, 6) is 1.26. The van der Waals surface area contributed by atoms with Gasteiger partial charge in [-0.3, -0.25) is 0 Å². The zero-order chi connectivity index (χ0) is 13.8. The SMILES string of the molecule is CNCc1coc(Oc2cc(C(C)C)ccc2C)n1. The average Bonchev–Trinajstić information content (AvgIpc) is 2.80. The Kier molecular flexibility index (Phi) is 4.22. The summed E-state index contributed by atoms with van der Waals surface area (Å²) in [7, 11) is 1.87. The monoisotopic (exact) mass is 260 g/mol. The fourth-order valence-electron chi connectivity index (χ4n) is 1.78. The van der Waals surface area contributed by atoms with Crippen LogP contribution in [0, 0.1) is 6.92 Å². The zero-order valence-electron chi connectivity index (χ0n) is 11.9. The van der Waals surface area contributed by atoms with E-state index in [0.717, 1.165) is 17.0 Å². The molecule has 0 atom stereocenters. The Morgan fingerprint density at radius 3 is 2.84 bits per heavy atom. The molecule has 1 aromatic heterocycles. The molecular formula is C15H20N2O2. The summed E-state index contributed by atoms with van der Waals surface area (Å²) >= 11 is 0. The second-order valence-corrected chi connectivity index (χ2v) is 4.92. The lowest BCUT2D eigenvalue weighted by Crippen LogP contribution is -2.04. The van der Waals surface area contributed by atoms with Crippen molar-refractivity contribution in [1.29, 1.82) is 0 Å². The first-order chi connectivity index (χ1) is 9.10. The molecule has 1 aromatic carbocycles. The number of nitrogens with zero attached hydrogens (tertiary/aromatic N) is 1. The molecule has 0 radical (unpaired) electrons. The molecule has 19 heavy (non-hydrogen) atoms. The van der Waals surface area contributed by atoms with E-state index in [0.29, 0.717) is 12.5 Å². The van der Waals surface area contributed by atoms with Crippen molar-refractivity contribution < 1.29 is 9.15 Å². The minimum absolute atomic E-state index is 0.286. The van der Waals surface area contributed by atoms with E-state index < -0.39 is 0 Å². The van der Waals surface area contributed by atoms with Gasteiger partial charge in [0.05, 0.1) is 5.69 Å². The Morgan fingerprint density at radius 2 is 2.16 bits per heavy atom. The summed E-state index contributed by atoms with van der Waals surface area (Å²) in [6.07, 6.45) is 1.89. The van der Waals surface area contributed by atoms with Gasteiger partial charge in [-0.2, -0.15) is 4.98 Å². The van der Waals surface area contributed by atoms with Crippen LogP contribution in [0.5, 0.6) is 11.8 Å². The van der Waals surface area contributed by atoms with E-state index >= 15 is 0 Å². The van der Waals surface area contributed by atoms with Crippen LogP contribution in [0.25, 0.3) is 0 Å². The molecule has 4 nitrogen and oxygen atoms in total. The maximum atomic E-state index is 5.72. The summed E-state index contributed by atoms with van der Waals surface area (Å²) in [6.45, 7) is 6.99. The molecule has 0 fully saturated rings. The lowest BCUT2D eigenvalue weighted by Gasteiger charge is -2.10. The number of nitrogens with one attached hydrogen (secondary N) is 1. The number of benzene rings is 1. The molecule has 2 aromatic rings. The van der Waals surface area contributed by atoms with E-state index in [1.165, 1.54) is 5.56 Å².